The lowest BCUT2D eigenvalue weighted by Crippen LogP contribution is -2.47. The van der Waals surface area contributed by atoms with E-state index in [1.165, 1.54) is 11.8 Å². The van der Waals surface area contributed by atoms with Crippen LogP contribution in [-0.4, -0.2) is 63.3 Å². The standard InChI is InChI=1S/C19H26N4O4S2/c1-13-16(7-9-27-13)18-20-21-19(22(18)2)28-11-17(24)23(14-5-3-4-6-14)15-8-10-29(25,26)12-15/h7,9,14-15H,3-6,8,10-12H2,1-2H3. The predicted octanol–water partition coefficient (Wildman–Crippen LogP) is 2.43. The van der Waals surface area contributed by atoms with E-state index in [-0.39, 0.29) is 35.2 Å². The zero-order valence-electron chi connectivity index (χ0n) is 16.7. The van der Waals surface area contributed by atoms with Crippen molar-refractivity contribution in [2.45, 2.75) is 56.3 Å². The number of hydrogen-bond acceptors (Lipinski definition) is 7. The minimum absolute atomic E-state index is 0.00644. The second-order valence-electron chi connectivity index (χ2n) is 7.84. The average molecular weight is 439 g/mol. The fourth-order valence-corrected chi connectivity index (χ4v) is 6.87. The van der Waals surface area contributed by atoms with Gasteiger partial charge in [-0.2, -0.15) is 0 Å². The molecule has 0 radical (unpaired) electrons. The number of thioether (sulfide) groups is 1. The van der Waals surface area contributed by atoms with Crippen molar-refractivity contribution in [2.75, 3.05) is 17.3 Å². The van der Waals surface area contributed by atoms with Crippen LogP contribution in [0.1, 0.15) is 37.9 Å². The number of rotatable bonds is 6. The van der Waals surface area contributed by atoms with Crippen LogP contribution < -0.4 is 0 Å². The molecule has 2 aromatic rings. The van der Waals surface area contributed by atoms with E-state index < -0.39 is 9.84 Å². The summed E-state index contributed by atoms with van der Waals surface area (Å²) in [5, 5.41) is 9.13. The molecular weight excluding hydrogens is 412 g/mol. The first kappa shape index (κ1) is 20.5. The third-order valence-corrected chi connectivity index (χ3v) is 8.62. The molecule has 10 heteroatoms. The summed E-state index contributed by atoms with van der Waals surface area (Å²) in [5.74, 6) is 1.95. The smallest absolute Gasteiger partial charge is 0.233 e. The van der Waals surface area contributed by atoms with Gasteiger partial charge in [-0.25, -0.2) is 8.42 Å². The van der Waals surface area contributed by atoms with Crippen LogP contribution in [0.5, 0.6) is 0 Å². The first-order valence-corrected chi connectivity index (χ1v) is 12.7. The third-order valence-electron chi connectivity index (χ3n) is 5.87. The predicted molar refractivity (Wildman–Crippen MR) is 110 cm³/mol. The Balaban J connectivity index is 1.47. The van der Waals surface area contributed by atoms with Crippen molar-refractivity contribution in [3.63, 3.8) is 0 Å². The second-order valence-corrected chi connectivity index (χ2v) is 11.0. The van der Waals surface area contributed by atoms with Gasteiger partial charge in [0, 0.05) is 19.1 Å². The quantitative estimate of drug-likeness (QED) is 0.639. The molecule has 2 aliphatic rings. The largest absolute Gasteiger partial charge is 0.469 e. The maximum Gasteiger partial charge on any atom is 0.233 e. The minimum atomic E-state index is -3.04. The number of aryl methyl sites for hydroxylation is 1. The lowest BCUT2D eigenvalue weighted by Gasteiger charge is -2.34. The molecule has 1 unspecified atom stereocenters. The van der Waals surface area contributed by atoms with E-state index in [4.69, 9.17) is 4.42 Å². The molecule has 8 nitrogen and oxygen atoms in total. The highest BCUT2D eigenvalue weighted by molar-refractivity contribution is 7.99. The van der Waals surface area contributed by atoms with Crippen molar-refractivity contribution < 1.29 is 17.6 Å². The van der Waals surface area contributed by atoms with Crippen LogP contribution in [0.4, 0.5) is 0 Å². The van der Waals surface area contributed by atoms with Crippen LogP contribution in [-0.2, 0) is 21.7 Å². The molecule has 3 heterocycles. The van der Waals surface area contributed by atoms with Crippen LogP contribution in [0, 0.1) is 6.92 Å². The molecule has 158 valence electrons. The van der Waals surface area contributed by atoms with Gasteiger partial charge in [0.1, 0.15) is 5.76 Å². The molecule has 1 saturated heterocycles. The Morgan fingerprint density at radius 2 is 2.03 bits per heavy atom. The summed E-state index contributed by atoms with van der Waals surface area (Å²) in [6, 6.07) is 1.81. The van der Waals surface area contributed by atoms with Gasteiger partial charge in [-0.1, -0.05) is 24.6 Å². The first-order valence-electron chi connectivity index (χ1n) is 9.94. The lowest BCUT2D eigenvalue weighted by atomic mass is 10.1. The maximum atomic E-state index is 13.1. The lowest BCUT2D eigenvalue weighted by molar-refractivity contribution is -0.132. The number of furan rings is 1. The van der Waals surface area contributed by atoms with Gasteiger partial charge in [0.2, 0.25) is 5.91 Å². The SMILES string of the molecule is Cc1occc1-c1nnc(SCC(=O)N(C2CCCC2)C2CCS(=O)(=O)C2)n1C. The van der Waals surface area contributed by atoms with Crippen molar-refractivity contribution in [1.29, 1.82) is 0 Å². The average Bonchev–Trinajstić information content (AvgIpc) is 3.44. The fourth-order valence-electron chi connectivity index (χ4n) is 4.38. The summed E-state index contributed by atoms with van der Waals surface area (Å²) in [4.78, 5) is 15.0. The van der Waals surface area contributed by atoms with Crippen molar-refractivity contribution in [2.24, 2.45) is 7.05 Å². The highest BCUT2D eigenvalue weighted by atomic mass is 32.2. The van der Waals surface area contributed by atoms with E-state index in [0.29, 0.717) is 17.4 Å². The van der Waals surface area contributed by atoms with Gasteiger partial charge in [-0.3, -0.25) is 4.79 Å². The van der Waals surface area contributed by atoms with E-state index >= 15 is 0 Å². The van der Waals surface area contributed by atoms with E-state index in [0.717, 1.165) is 37.0 Å². The molecular formula is C19H26N4O4S2. The summed E-state index contributed by atoms with van der Waals surface area (Å²) in [6.07, 6.45) is 6.27. The molecule has 0 N–H and O–H groups in total. The summed E-state index contributed by atoms with van der Waals surface area (Å²) < 4.78 is 31.2. The molecule has 1 aliphatic heterocycles. The molecule has 4 rings (SSSR count). The van der Waals surface area contributed by atoms with Gasteiger partial charge in [-0.15, -0.1) is 10.2 Å². The zero-order valence-corrected chi connectivity index (χ0v) is 18.3. The summed E-state index contributed by atoms with van der Waals surface area (Å²) in [7, 11) is -1.17. The number of carbonyl (C=O) groups is 1. The molecule has 0 spiro atoms. The number of carbonyl (C=O) groups excluding carboxylic acids is 1. The van der Waals surface area contributed by atoms with Crippen LogP contribution in [0.3, 0.4) is 0 Å². The molecule has 1 atom stereocenters. The fraction of sp³-hybridized carbons (Fsp3) is 0.632. The van der Waals surface area contributed by atoms with Gasteiger partial charge in [-0.05, 0) is 32.3 Å². The van der Waals surface area contributed by atoms with Crippen molar-refractivity contribution >= 4 is 27.5 Å². The topological polar surface area (TPSA) is 98.3 Å². The van der Waals surface area contributed by atoms with Gasteiger partial charge in [0.25, 0.3) is 0 Å². The number of amides is 1. The summed E-state index contributed by atoms with van der Waals surface area (Å²) >= 11 is 1.34. The Kier molecular flexibility index (Phi) is 5.74. The van der Waals surface area contributed by atoms with Crippen molar-refractivity contribution in [3.05, 3.63) is 18.1 Å². The summed E-state index contributed by atoms with van der Waals surface area (Å²) in [6.45, 7) is 1.87. The molecule has 29 heavy (non-hydrogen) atoms. The molecule has 1 saturated carbocycles. The highest BCUT2D eigenvalue weighted by Gasteiger charge is 2.39. The Hall–Kier alpha value is -1.81. The molecule has 1 aliphatic carbocycles. The first-order chi connectivity index (χ1) is 13.9. The van der Waals surface area contributed by atoms with E-state index in [1.54, 1.807) is 6.26 Å². The number of hydrogen-bond donors (Lipinski definition) is 0. The van der Waals surface area contributed by atoms with Crippen LogP contribution in [0.25, 0.3) is 11.4 Å². The van der Waals surface area contributed by atoms with Crippen molar-refractivity contribution in [3.8, 4) is 11.4 Å². The van der Waals surface area contributed by atoms with Crippen LogP contribution in [0.15, 0.2) is 21.9 Å². The highest BCUT2D eigenvalue weighted by Crippen LogP contribution is 2.31. The number of sulfone groups is 1. The summed E-state index contributed by atoms with van der Waals surface area (Å²) in [5.41, 5.74) is 0.877. The number of nitrogens with zero attached hydrogens (tertiary/aromatic N) is 4. The van der Waals surface area contributed by atoms with Gasteiger partial charge >= 0.3 is 0 Å². The molecule has 2 fully saturated rings. The van der Waals surface area contributed by atoms with E-state index in [1.807, 2.05) is 29.5 Å². The zero-order chi connectivity index (χ0) is 20.6. The molecule has 1 amide bonds. The second kappa shape index (κ2) is 8.14. The molecule has 0 aromatic carbocycles. The molecule has 0 bridgehead atoms. The third kappa shape index (κ3) is 4.23. The monoisotopic (exact) mass is 438 g/mol. The maximum absolute atomic E-state index is 13.1. The van der Waals surface area contributed by atoms with Gasteiger partial charge in [0.05, 0.1) is 29.1 Å². The van der Waals surface area contributed by atoms with Crippen LogP contribution in [0.2, 0.25) is 0 Å². The van der Waals surface area contributed by atoms with E-state index in [9.17, 15) is 13.2 Å². The Morgan fingerprint density at radius 3 is 2.66 bits per heavy atom. The van der Waals surface area contributed by atoms with Crippen molar-refractivity contribution in [1.82, 2.24) is 19.7 Å². The van der Waals surface area contributed by atoms with Gasteiger partial charge in [0.15, 0.2) is 20.8 Å². The van der Waals surface area contributed by atoms with E-state index in [2.05, 4.69) is 10.2 Å². The Morgan fingerprint density at radius 1 is 1.28 bits per heavy atom. The van der Waals surface area contributed by atoms with Gasteiger partial charge < -0.3 is 13.9 Å². The minimum Gasteiger partial charge on any atom is -0.469 e. The molecule has 2 aromatic heterocycles. The number of aromatic nitrogens is 3. The Labute approximate surface area is 175 Å². The Bertz CT molecular complexity index is 992. The normalized spacial score (nSPS) is 21.7. The van der Waals surface area contributed by atoms with Crippen LogP contribution >= 0.6 is 11.8 Å².